The minimum atomic E-state index is -0.157. The van der Waals surface area contributed by atoms with Gasteiger partial charge in [0.2, 0.25) is 0 Å². The third kappa shape index (κ3) is 3.13. The van der Waals surface area contributed by atoms with E-state index < -0.39 is 0 Å². The van der Waals surface area contributed by atoms with Crippen LogP contribution in [0.4, 0.5) is 0 Å². The molecule has 3 rings (SSSR count). The molecule has 0 spiro atoms. The highest BCUT2D eigenvalue weighted by Crippen LogP contribution is 2.37. The first-order valence-electron chi connectivity index (χ1n) is 8.16. The number of carbonyl (C=O) groups excluding carboxylic acids is 1. The summed E-state index contributed by atoms with van der Waals surface area (Å²) >= 11 is 0. The maximum atomic E-state index is 12.2. The Balaban J connectivity index is 1.76. The van der Waals surface area contributed by atoms with E-state index >= 15 is 0 Å². The van der Waals surface area contributed by atoms with E-state index in [0.717, 1.165) is 24.6 Å². The fourth-order valence-electron chi connectivity index (χ4n) is 4.16. The molecule has 1 aliphatic carbocycles. The summed E-state index contributed by atoms with van der Waals surface area (Å²) in [6.07, 6.45) is 6.65. The summed E-state index contributed by atoms with van der Waals surface area (Å²) in [5.41, 5.74) is 1.07. The van der Waals surface area contributed by atoms with E-state index in [9.17, 15) is 4.79 Å². The third-order valence-corrected chi connectivity index (χ3v) is 5.21. The Bertz CT molecular complexity index is 473. The quantitative estimate of drug-likeness (QED) is 0.796. The first-order valence-corrected chi connectivity index (χ1v) is 8.16. The van der Waals surface area contributed by atoms with Crippen LogP contribution < -0.4 is 0 Å². The number of esters is 1. The molecular formula is C18H25NO2. The minimum absolute atomic E-state index is 0.110. The normalized spacial score (nSPS) is 27.1. The van der Waals surface area contributed by atoms with Gasteiger partial charge in [0.25, 0.3) is 0 Å². The summed E-state index contributed by atoms with van der Waals surface area (Å²) in [6.45, 7) is 1.93. The van der Waals surface area contributed by atoms with Gasteiger partial charge in [-0.15, -0.1) is 0 Å². The topological polar surface area (TPSA) is 29.5 Å². The average molecular weight is 287 g/mol. The van der Waals surface area contributed by atoms with Gasteiger partial charge >= 0.3 is 5.97 Å². The molecular weight excluding hydrogens is 262 g/mol. The molecule has 1 aliphatic heterocycles. The van der Waals surface area contributed by atoms with Crippen LogP contribution in [0.1, 0.15) is 43.6 Å². The maximum Gasteiger partial charge on any atom is 0.314 e. The van der Waals surface area contributed by atoms with Crippen molar-refractivity contribution in [1.82, 2.24) is 4.90 Å². The van der Waals surface area contributed by atoms with Crippen molar-refractivity contribution in [2.45, 2.75) is 44.1 Å². The first-order chi connectivity index (χ1) is 10.3. The van der Waals surface area contributed by atoms with Gasteiger partial charge in [-0.25, -0.2) is 0 Å². The monoisotopic (exact) mass is 287 g/mol. The fourth-order valence-corrected chi connectivity index (χ4v) is 4.16. The van der Waals surface area contributed by atoms with E-state index in [2.05, 4.69) is 4.90 Å². The van der Waals surface area contributed by atoms with Crippen LogP contribution in [-0.4, -0.2) is 37.1 Å². The summed E-state index contributed by atoms with van der Waals surface area (Å²) in [4.78, 5) is 14.8. The van der Waals surface area contributed by atoms with Crippen molar-refractivity contribution in [3.05, 3.63) is 35.9 Å². The van der Waals surface area contributed by atoms with Gasteiger partial charge in [0.1, 0.15) is 0 Å². The highest BCUT2D eigenvalue weighted by molar-refractivity contribution is 5.78. The molecule has 3 heteroatoms. The van der Waals surface area contributed by atoms with Gasteiger partial charge in [-0.2, -0.15) is 0 Å². The van der Waals surface area contributed by atoms with Crippen molar-refractivity contribution in [2.24, 2.45) is 5.92 Å². The Morgan fingerprint density at radius 2 is 2.00 bits per heavy atom. The molecule has 2 aliphatic rings. The second-order valence-corrected chi connectivity index (χ2v) is 6.38. The van der Waals surface area contributed by atoms with Gasteiger partial charge in [-0.3, -0.25) is 9.69 Å². The lowest BCUT2D eigenvalue weighted by atomic mass is 9.90. The van der Waals surface area contributed by atoms with Crippen LogP contribution >= 0.6 is 0 Å². The van der Waals surface area contributed by atoms with E-state index in [4.69, 9.17) is 4.74 Å². The van der Waals surface area contributed by atoms with Crippen LogP contribution in [0.2, 0.25) is 0 Å². The lowest BCUT2D eigenvalue weighted by Gasteiger charge is -2.39. The Hall–Kier alpha value is -1.35. The van der Waals surface area contributed by atoms with Crippen molar-refractivity contribution in [3.63, 3.8) is 0 Å². The highest BCUT2D eigenvalue weighted by atomic mass is 16.5. The van der Waals surface area contributed by atoms with Gasteiger partial charge in [-0.1, -0.05) is 36.8 Å². The van der Waals surface area contributed by atoms with Crippen molar-refractivity contribution in [2.75, 3.05) is 20.2 Å². The van der Waals surface area contributed by atoms with Gasteiger partial charge in [0.05, 0.1) is 13.0 Å². The van der Waals surface area contributed by atoms with Crippen LogP contribution in [-0.2, 0) is 9.53 Å². The summed E-state index contributed by atoms with van der Waals surface area (Å²) < 4.78 is 5.05. The molecule has 21 heavy (non-hydrogen) atoms. The molecule has 0 N–H and O–H groups in total. The number of rotatable bonds is 4. The van der Waals surface area contributed by atoms with Gasteiger partial charge in [-0.05, 0) is 43.7 Å². The van der Waals surface area contributed by atoms with Crippen molar-refractivity contribution >= 4 is 5.97 Å². The number of hydrogen-bond acceptors (Lipinski definition) is 3. The Morgan fingerprint density at radius 1 is 1.24 bits per heavy atom. The van der Waals surface area contributed by atoms with E-state index in [-0.39, 0.29) is 11.9 Å². The Morgan fingerprint density at radius 3 is 2.76 bits per heavy atom. The van der Waals surface area contributed by atoms with Crippen LogP contribution in [0.15, 0.2) is 30.3 Å². The lowest BCUT2D eigenvalue weighted by Crippen LogP contribution is -2.45. The number of ether oxygens (including phenoxy) is 1. The minimum Gasteiger partial charge on any atom is -0.469 e. The molecule has 0 radical (unpaired) electrons. The molecule has 1 saturated heterocycles. The smallest absolute Gasteiger partial charge is 0.314 e. The second kappa shape index (κ2) is 6.61. The van der Waals surface area contributed by atoms with Gasteiger partial charge < -0.3 is 4.74 Å². The van der Waals surface area contributed by atoms with Crippen LogP contribution in [0.5, 0.6) is 0 Å². The molecule has 3 unspecified atom stereocenters. The zero-order valence-electron chi connectivity index (χ0n) is 12.8. The molecule has 2 fully saturated rings. The predicted molar refractivity (Wildman–Crippen MR) is 83.1 cm³/mol. The molecule has 0 amide bonds. The number of nitrogens with zero attached hydrogens (tertiary/aromatic N) is 1. The highest BCUT2D eigenvalue weighted by Gasteiger charge is 2.37. The van der Waals surface area contributed by atoms with Crippen molar-refractivity contribution in [1.29, 1.82) is 0 Å². The molecule has 1 aromatic carbocycles. The predicted octanol–water partition coefficient (Wildman–Crippen LogP) is 3.21. The number of carbonyl (C=O) groups is 1. The van der Waals surface area contributed by atoms with Gasteiger partial charge in [0, 0.05) is 12.6 Å². The van der Waals surface area contributed by atoms with E-state index in [1.54, 1.807) is 0 Å². The Kier molecular flexibility index (Phi) is 4.59. The average Bonchev–Trinajstić information content (AvgIpc) is 3.02. The molecule has 0 bridgehead atoms. The zero-order valence-corrected chi connectivity index (χ0v) is 12.8. The summed E-state index contributed by atoms with van der Waals surface area (Å²) in [5.74, 6) is 0.588. The maximum absolute atomic E-state index is 12.2. The molecule has 1 saturated carbocycles. The number of benzene rings is 1. The number of likely N-dealkylation sites (tertiary alicyclic amines) is 1. The van der Waals surface area contributed by atoms with E-state index in [1.807, 2.05) is 30.3 Å². The number of fused-ring (bicyclic) bond motifs is 1. The SMILES string of the molecule is COC(=O)C(CN1CCCC2CCCC21)c1ccccc1. The number of piperidine rings is 1. The largest absolute Gasteiger partial charge is 0.469 e. The number of hydrogen-bond donors (Lipinski definition) is 0. The van der Waals surface area contributed by atoms with Crippen LogP contribution in [0.25, 0.3) is 0 Å². The van der Waals surface area contributed by atoms with E-state index in [1.165, 1.54) is 39.2 Å². The van der Waals surface area contributed by atoms with Crippen molar-refractivity contribution < 1.29 is 9.53 Å². The molecule has 3 nitrogen and oxygen atoms in total. The molecule has 0 aromatic heterocycles. The van der Waals surface area contributed by atoms with Crippen LogP contribution in [0, 0.1) is 5.92 Å². The molecule has 3 atom stereocenters. The van der Waals surface area contributed by atoms with Crippen molar-refractivity contribution in [3.8, 4) is 0 Å². The van der Waals surface area contributed by atoms with E-state index in [0.29, 0.717) is 6.04 Å². The van der Waals surface area contributed by atoms with Crippen LogP contribution in [0.3, 0.4) is 0 Å². The summed E-state index contributed by atoms with van der Waals surface area (Å²) in [7, 11) is 1.49. The summed E-state index contributed by atoms with van der Waals surface area (Å²) in [6, 6.07) is 10.8. The second-order valence-electron chi connectivity index (χ2n) is 6.38. The standard InChI is InChI=1S/C18H25NO2/c1-21-18(20)16(14-7-3-2-4-8-14)13-19-12-6-10-15-9-5-11-17(15)19/h2-4,7-8,15-17H,5-6,9-13H2,1H3. The molecule has 114 valence electrons. The van der Waals surface area contributed by atoms with Gasteiger partial charge in [0.15, 0.2) is 0 Å². The lowest BCUT2D eigenvalue weighted by molar-refractivity contribution is -0.143. The summed E-state index contributed by atoms with van der Waals surface area (Å²) in [5, 5.41) is 0. The number of methoxy groups -OCH3 is 1. The first kappa shape index (κ1) is 14.6. The fraction of sp³-hybridized carbons (Fsp3) is 0.611. The molecule has 1 aromatic rings. The zero-order chi connectivity index (χ0) is 14.7. The molecule has 1 heterocycles. The third-order valence-electron chi connectivity index (χ3n) is 5.21. The Labute approximate surface area is 127 Å².